The number of hydrogen-bond acceptors (Lipinski definition) is 1. The summed E-state index contributed by atoms with van der Waals surface area (Å²) >= 11 is 0. The molecule has 1 aromatic carbocycles. The zero-order chi connectivity index (χ0) is 14.3. The van der Waals surface area contributed by atoms with Gasteiger partial charge in [-0.25, -0.2) is 0 Å². The third-order valence-electron chi connectivity index (χ3n) is 3.57. The molecule has 1 aromatic rings. The molecule has 0 heterocycles. The van der Waals surface area contributed by atoms with Crippen molar-refractivity contribution in [2.45, 2.75) is 59.5 Å². The van der Waals surface area contributed by atoms with Crippen LogP contribution >= 0.6 is 0 Å². The number of carbonyl (C=O) groups is 1. The Morgan fingerprint density at radius 3 is 2.32 bits per heavy atom. The maximum absolute atomic E-state index is 12.4. The maximum atomic E-state index is 12.4. The first-order chi connectivity index (χ1) is 9.04. The van der Waals surface area contributed by atoms with Crippen molar-refractivity contribution < 1.29 is 4.79 Å². The topological polar surface area (TPSA) is 20.3 Å². The number of amides is 1. The van der Waals surface area contributed by atoms with Crippen LogP contribution in [-0.2, 0) is 11.3 Å². The van der Waals surface area contributed by atoms with Crippen molar-refractivity contribution in [2.75, 3.05) is 0 Å². The van der Waals surface area contributed by atoms with Gasteiger partial charge in [0.2, 0.25) is 5.91 Å². The Bertz CT molecular complexity index is 372. The first kappa shape index (κ1) is 15.7. The van der Waals surface area contributed by atoms with Crippen molar-refractivity contribution in [3.05, 3.63) is 35.9 Å². The predicted octanol–water partition coefficient (Wildman–Crippen LogP) is 4.25. The van der Waals surface area contributed by atoms with Crippen LogP contribution in [0.15, 0.2) is 30.3 Å². The molecule has 0 radical (unpaired) electrons. The van der Waals surface area contributed by atoms with Crippen molar-refractivity contribution in [1.29, 1.82) is 0 Å². The van der Waals surface area contributed by atoms with Crippen LogP contribution in [-0.4, -0.2) is 16.8 Å². The second-order valence-corrected chi connectivity index (χ2v) is 5.70. The third-order valence-corrected chi connectivity index (χ3v) is 3.57. The summed E-state index contributed by atoms with van der Waals surface area (Å²) in [5, 5.41) is 0. The molecule has 0 saturated heterocycles. The lowest BCUT2D eigenvalue weighted by atomic mass is 10.1. The predicted molar refractivity (Wildman–Crippen MR) is 80.8 cm³/mol. The standard InChI is InChI=1S/C17H27NO/c1-5-15(4)18(17(19)12-11-14(2)3)13-16-9-7-6-8-10-16/h6-10,14-15H,5,11-13H2,1-4H3. The molecule has 0 N–H and O–H groups in total. The summed E-state index contributed by atoms with van der Waals surface area (Å²) in [6.07, 6.45) is 2.63. The Labute approximate surface area is 117 Å². The van der Waals surface area contributed by atoms with Gasteiger partial charge in [0.1, 0.15) is 0 Å². The summed E-state index contributed by atoms with van der Waals surface area (Å²) in [6.45, 7) is 9.33. The van der Waals surface area contributed by atoms with Crippen molar-refractivity contribution in [3.8, 4) is 0 Å². The summed E-state index contributed by atoms with van der Waals surface area (Å²) in [4.78, 5) is 14.4. The van der Waals surface area contributed by atoms with E-state index in [1.165, 1.54) is 5.56 Å². The van der Waals surface area contributed by atoms with Gasteiger partial charge in [0.25, 0.3) is 0 Å². The van der Waals surface area contributed by atoms with Gasteiger partial charge >= 0.3 is 0 Å². The fourth-order valence-corrected chi connectivity index (χ4v) is 2.05. The summed E-state index contributed by atoms with van der Waals surface area (Å²) in [6, 6.07) is 10.6. The average Bonchev–Trinajstić information content (AvgIpc) is 2.42. The minimum atomic E-state index is 0.284. The van der Waals surface area contributed by atoms with Crippen molar-refractivity contribution >= 4 is 5.91 Å². The maximum Gasteiger partial charge on any atom is 0.223 e. The van der Waals surface area contributed by atoms with E-state index in [4.69, 9.17) is 0 Å². The Morgan fingerprint density at radius 2 is 1.79 bits per heavy atom. The largest absolute Gasteiger partial charge is 0.336 e. The van der Waals surface area contributed by atoms with Gasteiger partial charge in [0.15, 0.2) is 0 Å². The van der Waals surface area contributed by atoms with Crippen LogP contribution in [0, 0.1) is 5.92 Å². The van der Waals surface area contributed by atoms with Crippen LogP contribution in [0.1, 0.15) is 52.5 Å². The highest BCUT2D eigenvalue weighted by Gasteiger charge is 2.19. The lowest BCUT2D eigenvalue weighted by Gasteiger charge is -2.29. The molecule has 0 bridgehead atoms. The fraction of sp³-hybridized carbons (Fsp3) is 0.588. The molecular formula is C17H27NO. The lowest BCUT2D eigenvalue weighted by Crippen LogP contribution is -2.37. The third kappa shape index (κ3) is 5.46. The Kier molecular flexibility index (Phi) is 6.61. The van der Waals surface area contributed by atoms with Gasteiger partial charge in [-0.1, -0.05) is 51.1 Å². The number of nitrogens with zero attached hydrogens (tertiary/aromatic N) is 1. The van der Waals surface area contributed by atoms with E-state index in [-0.39, 0.29) is 5.91 Å². The molecule has 19 heavy (non-hydrogen) atoms. The normalized spacial score (nSPS) is 12.5. The molecule has 0 aliphatic rings. The number of hydrogen-bond donors (Lipinski definition) is 0. The van der Waals surface area contributed by atoms with E-state index in [1.54, 1.807) is 0 Å². The second kappa shape index (κ2) is 7.98. The monoisotopic (exact) mass is 261 g/mol. The number of rotatable bonds is 7. The molecule has 1 unspecified atom stereocenters. The first-order valence-electron chi connectivity index (χ1n) is 7.38. The van der Waals surface area contributed by atoms with Gasteiger partial charge in [0, 0.05) is 19.0 Å². The molecule has 0 spiro atoms. The van der Waals surface area contributed by atoms with Gasteiger partial charge in [-0.3, -0.25) is 4.79 Å². The molecule has 1 rings (SSSR count). The number of benzene rings is 1. The van der Waals surface area contributed by atoms with Gasteiger partial charge in [-0.05, 0) is 31.2 Å². The van der Waals surface area contributed by atoms with E-state index in [0.717, 1.165) is 19.4 Å². The molecule has 1 atom stereocenters. The first-order valence-corrected chi connectivity index (χ1v) is 7.38. The van der Waals surface area contributed by atoms with Gasteiger partial charge in [0.05, 0.1) is 0 Å². The van der Waals surface area contributed by atoms with Crippen LogP contribution < -0.4 is 0 Å². The highest BCUT2D eigenvalue weighted by Crippen LogP contribution is 2.14. The number of carbonyl (C=O) groups excluding carboxylic acids is 1. The zero-order valence-corrected chi connectivity index (χ0v) is 12.7. The highest BCUT2D eigenvalue weighted by atomic mass is 16.2. The fourth-order valence-electron chi connectivity index (χ4n) is 2.05. The van der Waals surface area contributed by atoms with Crippen molar-refractivity contribution in [3.63, 3.8) is 0 Å². The molecule has 2 heteroatoms. The average molecular weight is 261 g/mol. The zero-order valence-electron chi connectivity index (χ0n) is 12.7. The molecule has 2 nitrogen and oxygen atoms in total. The van der Waals surface area contributed by atoms with E-state index in [9.17, 15) is 4.79 Å². The van der Waals surface area contributed by atoms with E-state index in [0.29, 0.717) is 18.4 Å². The molecule has 0 aromatic heterocycles. The summed E-state index contributed by atoms with van der Waals surface area (Å²) in [5.74, 6) is 0.867. The van der Waals surface area contributed by atoms with Gasteiger partial charge in [-0.2, -0.15) is 0 Å². The molecule has 0 fully saturated rings. The van der Waals surface area contributed by atoms with Crippen molar-refractivity contribution in [1.82, 2.24) is 4.90 Å². The molecule has 0 saturated carbocycles. The highest BCUT2D eigenvalue weighted by molar-refractivity contribution is 5.76. The lowest BCUT2D eigenvalue weighted by molar-refractivity contribution is -0.134. The molecule has 0 aliphatic heterocycles. The van der Waals surface area contributed by atoms with Crippen LogP contribution in [0.25, 0.3) is 0 Å². The minimum absolute atomic E-state index is 0.284. The molecule has 0 aliphatic carbocycles. The molecule has 1 amide bonds. The quantitative estimate of drug-likeness (QED) is 0.718. The van der Waals surface area contributed by atoms with E-state index < -0.39 is 0 Å². The van der Waals surface area contributed by atoms with Crippen LogP contribution in [0.5, 0.6) is 0 Å². The summed E-state index contributed by atoms with van der Waals surface area (Å²) < 4.78 is 0. The van der Waals surface area contributed by atoms with Crippen LogP contribution in [0.2, 0.25) is 0 Å². The SMILES string of the molecule is CCC(C)N(Cc1ccccc1)C(=O)CCC(C)C. The Morgan fingerprint density at radius 1 is 1.16 bits per heavy atom. The Balaban J connectivity index is 2.69. The van der Waals surface area contributed by atoms with Gasteiger partial charge in [-0.15, -0.1) is 0 Å². The minimum Gasteiger partial charge on any atom is -0.336 e. The van der Waals surface area contributed by atoms with Crippen molar-refractivity contribution in [2.24, 2.45) is 5.92 Å². The van der Waals surface area contributed by atoms with Crippen LogP contribution in [0.3, 0.4) is 0 Å². The van der Waals surface area contributed by atoms with E-state index in [2.05, 4.69) is 39.8 Å². The second-order valence-electron chi connectivity index (χ2n) is 5.70. The van der Waals surface area contributed by atoms with Crippen LogP contribution in [0.4, 0.5) is 0 Å². The Hall–Kier alpha value is -1.31. The van der Waals surface area contributed by atoms with E-state index in [1.807, 2.05) is 23.1 Å². The molecule has 106 valence electrons. The van der Waals surface area contributed by atoms with E-state index >= 15 is 0 Å². The smallest absolute Gasteiger partial charge is 0.223 e. The summed E-state index contributed by atoms with van der Waals surface area (Å²) in [5.41, 5.74) is 1.21. The molecular weight excluding hydrogens is 234 g/mol. The summed E-state index contributed by atoms with van der Waals surface area (Å²) in [7, 11) is 0. The van der Waals surface area contributed by atoms with Gasteiger partial charge < -0.3 is 4.90 Å².